The van der Waals surface area contributed by atoms with Crippen LogP contribution in [-0.2, 0) is 19.1 Å². The van der Waals surface area contributed by atoms with Crippen molar-refractivity contribution in [3.05, 3.63) is 48.6 Å². The fourth-order valence-corrected chi connectivity index (χ4v) is 4.35. The molecule has 0 rings (SSSR count). The van der Waals surface area contributed by atoms with Gasteiger partial charge in [0, 0.05) is 12.8 Å². The molecule has 0 bridgehead atoms. The van der Waals surface area contributed by atoms with Gasteiger partial charge in [-0.25, -0.2) is 0 Å². The third-order valence-electron chi connectivity index (χ3n) is 6.79. The van der Waals surface area contributed by atoms with Crippen molar-refractivity contribution in [2.45, 2.75) is 141 Å². The molecule has 38 heavy (non-hydrogen) atoms. The largest absolute Gasteiger partial charge is 0.469 e. The van der Waals surface area contributed by atoms with E-state index in [9.17, 15) is 9.59 Å². The highest BCUT2D eigenvalue weighted by molar-refractivity contribution is 5.69. The van der Waals surface area contributed by atoms with Crippen LogP contribution in [0.3, 0.4) is 0 Å². The highest BCUT2D eigenvalue weighted by Gasteiger charge is 2.00. The molecule has 4 heteroatoms. The zero-order valence-electron chi connectivity index (χ0n) is 24.8. The minimum absolute atomic E-state index is 0.0823. The first-order valence-corrected chi connectivity index (χ1v) is 15.5. The molecule has 0 aromatic rings. The normalized spacial score (nSPS) is 11.9. The summed E-state index contributed by atoms with van der Waals surface area (Å²) in [6.07, 6.45) is 43.2. The molecule has 0 amide bonds. The maximum Gasteiger partial charge on any atom is 0.305 e. The zero-order valence-corrected chi connectivity index (χ0v) is 24.8. The van der Waals surface area contributed by atoms with Crippen molar-refractivity contribution in [3.8, 4) is 0 Å². The number of carbonyl (C=O) groups is 2. The Morgan fingerprint density at radius 2 is 0.658 bits per heavy atom. The topological polar surface area (TPSA) is 52.6 Å². The summed E-state index contributed by atoms with van der Waals surface area (Å²) in [5, 5.41) is 0. The van der Waals surface area contributed by atoms with Gasteiger partial charge in [-0.1, -0.05) is 138 Å². The lowest BCUT2D eigenvalue weighted by molar-refractivity contribution is -0.141. The Labute approximate surface area is 235 Å². The monoisotopic (exact) mass is 530 g/mol. The van der Waals surface area contributed by atoms with Gasteiger partial charge in [-0.05, 0) is 38.5 Å². The van der Waals surface area contributed by atoms with Crippen molar-refractivity contribution in [3.63, 3.8) is 0 Å². The van der Waals surface area contributed by atoms with Gasteiger partial charge in [0.15, 0.2) is 0 Å². The number of hydrogen-bond donors (Lipinski definition) is 0. The molecule has 0 spiro atoms. The Morgan fingerprint density at radius 1 is 0.395 bits per heavy atom. The SMILES string of the molecule is COC(=O)CCCCCCCCCCC\C=C/C=C/C=C/C=C\CCCCCCCCCCCC(=O)OC. The van der Waals surface area contributed by atoms with Crippen molar-refractivity contribution in [1.29, 1.82) is 0 Å². The van der Waals surface area contributed by atoms with E-state index in [1.807, 2.05) is 0 Å². The van der Waals surface area contributed by atoms with E-state index in [1.165, 1.54) is 117 Å². The predicted octanol–water partition coefficient (Wildman–Crippen LogP) is 10.1. The Bertz CT molecular complexity index is 589. The van der Waals surface area contributed by atoms with Crippen LogP contribution in [0.1, 0.15) is 141 Å². The van der Waals surface area contributed by atoms with E-state index < -0.39 is 0 Å². The quantitative estimate of drug-likeness (QED) is 0.0602. The maximum absolute atomic E-state index is 11.0. The lowest BCUT2D eigenvalue weighted by Gasteiger charge is -2.02. The molecular weight excluding hydrogens is 472 g/mol. The van der Waals surface area contributed by atoms with E-state index in [-0.39, 0.29) is 11.9 Å². The van der Waals surface area contributed by atoms with Gasteiger partial charge in [0.1, 0.15) is 0 Å². The molecule has 4 nitrogen and oxygen atoms in total. The predicted molar refractivity (Wildman–Crippen MR) is 162 cm³/mol. The number of esters is 2. The zero-order chi connectivity index (χ0) is 27.8. The molecule has 0 aliphatic heterocycles. The second kappa shape index (κ2) is 31.1. The summed E-state index contributed by atoms with van der Waals surface area (Å²) in [6, 6.07) is 0. The average Bonchev–Trinajstić information content (AvgIpc) is 2.93. The summed E-state index contributed by atoms with van der Waals surface area (Å²) < 4.78 is 9.32. The first-order valence-electron chi connectivity index (χ1n) is 15.5. The van der Waals surface area contributed by atoms with Crippen molar-refractivity contribution < 1.29 is 19.1 Å². The summed E-state index contributed by atoms with van der Waals surface area (Å²) in [5.41, 5.74) is 0. The highest BCUT2D eigenvalue weighted by Crippen LogP contribution is 2.13. The van der Waals surface area contributed by atoms with E-state index in [0.29, 0.717) is 12.8 Å². The molecule has 0 fully saturated rings. The molecule has 0 aromatic heterocycles. The van der Waals surface area contributed by atoms with Crippen LogP contribution in [0.4, 0.5) is 0 Å². The second-order valence-corrected chi connectivity index (χ2v) is 10.2. The Hall–Kier alpha value is -2.10. The molecule has 0 aliphatic rings. The van der Waals surface area contributed by atoms with Gasteiger partial charge in [0.05, 0.1) is 14.2 Å². The van der Waals surface area contributed by atoms with Gasteiger partial charge in [-0.3, -0.25) is 9.59 Å². The van der Waals surface area contributed by atoms with Crippen LogP contribution in [0.2, 0.25) is 0 Å². The molecular formula is C34H58O4. The minimum atomic E-state index is -0.0823. The summed E-state index contributed by atoms with van der Waals surface area (Å²) in [7, 11) is 2.92. The minimum Gasteiger partial charge on any atom is -0.469 e. The lowest BCUT2D eigenvalue weighted by Crippen LogP contribution is -1.99. The van der Waals surface area contributed by atoms with Gasteiger partial charge in [-0.2, -0.15) is 0 Å². The van der Waals surface area contributed by atoms with Crippen molar-refractivity contribution in [2.24, 2.45) is 0 Å². The van der Waals surface area contributed by atoms with Gasteiger partial charge >= 0.3 is 11.9 Å². The summed E-state index contributed by atoms with van der Waals surface area (Å²) in [6.45, 7) is 0. The van der Waals surface area contributed by atoms with Crippen LogP contribution in [0, 0.1) is 0 Å². The summed E-state index contributed by atoms with van der Waals surface area (Å²) >= 11 is 0. The van der Waals surface area contributed by atoms with Crippen LogP contribution in [0.5, 0.6) is 0 Å². The number of allylic oxidation sites excluding steroid dienone is 8. The maximum atomic E-state index is 11.0. The molecule has 218 valence electrons. The fourth-order valence-electron chi connectivity index (χ4n) is 4.35. The fraction of sp³-hybridized carbons (Fsp3) is 0.706. The number of rotatable bonds is 27. The number of ether oxygens (including phenoxy) is 2. The molecule has 0 unspecified atom stereocenters. The summed E-state index contributed by atoms with van der Waals surface area (Å²) in [5.74, 6) is -0.165. The highest BCUT2D eigenvalue weighted by atomic mass is 16.5. The first kappa shape index (κ1) is 35.9. The van der Waals surface area contributed by atoms with Gasteiger partial charge in [-0.15, -0.1) is 0 Å². The smallest absolute Gasteiger partial charge is 0.305 e. The van der Waals surface area contributed by atoms with Crippen LogP contribution in [0.15, 0.2) is 48.6 Å². The number of hydrogen-bond acceptors (Lipinski definition) is 4. The number of unbranched alkanes of at least 4 members (excludes halogenated alkanes) is 18. The first-order chi connectivity index (χ1) is 18.7. The molecule has 0 aliphatic carbocycles. The molecule has 0 atom stereocenters. The van der Waals surface area contributed by atoms with E-state index in [4.69, 9.17) is 0 Å². The Balaban J connectivity index is 3.34. The lowest BCUT2D eigenvalue weighted by atomic mass is 10.1. The van der Waals surface area contributed by atoms with Crippen LogP contribution >= 0.6 is 0 Å². The van der Waals surface area contributed by atoms with Crippen molar-refractivity contribution >= 4 is 11.9 Å². The summed E-state index contributed by atoms with van der Waals surface area (Å²) in [4.78, 5) is 22.1. The van der Waals surface area contributed by atoms with Crippen LogP contribution in [0.25, 0.3) is 0 Å². The molecule has 0 aromatic carbocycles. The molecule has 0 saturated heterocycles. The van der Waals surface area contributed by atoms with Crippen LogP contribution in [-0.4, -0.2) is 26.2 Å². The molecule has 0 saturated carbocycles. The van der Waals surface area contributed by atoms with Crippen molar-refractivity contribution in [1.82, 2.24) is 0 Å². The standard InChI is InChI=1S/C34H58O4/c1-37-33(35)31-29-27-25-23-21-19-17-15-13-11-9-7-5-3-4-6-8-10-12-14-16-18-20-22-24-26-28-30-32-34(36)38-2/h3-10H,11-32H2,1-2H3/b5-3+,6-4+,9-7-,10-8-. The average molecular weight is 531 g/mol. The number of methoxy groups -OCH3 is 2. The van der Waals surface area contributed by atoms with E-state index in [1.54, 1.807) is 0 Å². The second-order valence-electron chi connectivity index (χ2n) is 10.2. The third-order valence-corrected chi connectivity index (χ3v) is 6.79. The third kappa shape index (κ3) is 30.1. The van der Waals surface area contributed by atoms with Gasteiger partial charge < -0.3 is 9.47 Å². The van der Waals surface area contributed by atoms with E-state index in [2.05, 4.69) is 58.1 Å². The molecule has 0 radical (unpaired) electrons. The van der Waals surface area contributed by atoms with Gasteiger partial charge in [0.2, 0.25) is 0 Å². The van der Waals surface area contributed by atoms with E-state index in [0.717, 1.165) is 25.7 Å². The van der Waals surface area contributed by atoms with Gasteiger partial charge in [0.25, 0.3) is 0 Å². The van der Waals surface area contributed by atoms with Crippen molar-refractivity contribution in [2.75, 3.05) is 14.2 Å². The Morgan fingerprint density at radius 3 is 0.974 bits per heavy atom. The number of carbonyl (C=O) groups excluding carboxylic acids is 2. The molecule has 0 N–H and O–H groups in total. The molecule has 0 heterocycles. The van der Waals surface area contributed by atoms with Crippen LogP contribution < -0.4 is 0 Å². The van der Waals surface area contributed by atoms with E-state index >= 15 is 0 Å². The Kier molecular flexibility index (Phi) is 29.4.